The molecule has 0 amide bonds. The van der Waals surface area contributed by atoms with Crippen LogP contribution in [-0.4, -0.2) is 19.0 Å². The molecule has 0 aromatic rings. The molecule has 20 heavy (non-hydrogen) atoms. The average Bonchev–Trinajstić information content (AvgIpc) is 2.87. The van der Waals surface area contributed by atoms with Crippen LogP contribution in [0, 0.1) is 11.3 Å². The Labute approximate surface area is 120 Å². The smallest absolute Gasteiger partial charge is 0.0991 e. The van der Waals surface area contributed by atoms with Gasteiger partial charge in [-0.1, -0.05) is 36.5 Å². The van der Waals surface area contributed by atoms with Crippen LogP contribution in [0.2, 0.25) is 0 Å². The van der Waals surface area contributed by atoms with Crippen molar-refractivity contribution in [3.8, 4) is 6.07 Å². The predicted molar refractivity (Wildman–Crippen MR) is 83.7 cm³/mol. The molecule has 2 aliphatic carbocycles. The molecule has 100 valence electrons. The number of nitrogens with zero attached hydrogens (tertiary/aromatic N) is 2. The summed E-state index contributed by atoms with van der Waals surface area (Å²) in [5.41, 5.74) is 4.26. The summed E-state index contributed by atoms with van der Waals surface area (Å²) in [4.78, 5) is 2.09. The SMILES string of the molecule is CN(C)C1=C\C(=C/C=C2\C=C/C(C#N)=C\C=C/C2)C=C1. The fraction of sp³-hybridized carbons (Fsp3) is 0.167. The van der Waals surface area contributed by atoms with Gasteiger partial charge in [0.1, 0.15) is 0 Å². The largest absolute Gasteiger partial charge is 0.378 e. The zero-order chi connectivity index (χ0) is 14.4. The van der Waals surface area contributed by atoms with Crippen LogP contribution >= 0.6 is 0 Å². The molecule has 0 bridgehead atoms. The Kier molecular flexibility index (Phi) is 4.57. The van der Waals surface area contributed by atoms with Crippen molar-refractivity contribution in [1.29, 1.82) is 5.26 Å². The Bertz CT molecular complexity index is 627. The Morgan fingerprint density at radius 1 is 1.15 bits per heavy atom. The van der Waals surface area contributed by atoms with Crippen molar-refractivity contribution >= 4 is 0 Å². The molecule has 2 aliphatic rings. The maximum absolute atomic E-state index is 8.92. The first-order valence-electron chi connectivity index (χ1n) is 6.62. The van der Waals surface area contributed by atoms with Gasteiger partial charge in [-0.05, 0) is 41.9 Å². The van der Waals surface area contributed by atoms with E-state index >= 15 is 0 Å². The van der Waals surface area contributed by atoms with E-state index in [0.717, 1.165) is 6.42 Å². The highest BCUT2D eigenvalue weighted by Crippen LogP contribution is 2.18. The second-order valence-corrected chi connectivity index (χ2v) is 4.90. The first-order chi connectivity index (χ1) is 9.69. The summed E-state index contributed by atoms with van der Waals surface area (Å²) in [7, 11) is 4.07. The van der Waals surface area contributed by atoms with E-state index < -0.39 is 0 Å². The molecule has 0 saturated carbocycles. The van der Waals surface area contributed by atoms with Gasteiger partial charge in [-0.2, -0.15) is 5.26 Å². The first-order valence-corrected chi connectivity index (χ1v) is 6.62. The van der Waals surface area contributed by atoms with Gasteiger partial charge in [-0.15, -0.1) is 0 Å². The normalized spacial score (nSPS) is 27.2. The lowest BCUT2D eigenvalue weighted by Crippen LogP contribution is -2.07. The Hall–Kier alpha value is -2.53. The van der Waals surface area contributed by atoms with Crippen LogP contribution in [0.5, 0.6) is 0 Å². The van der Waals surface area contributed by atoms with Crippen molar-refractivity contribution in [3.05, 3.63) is 83.2 Å². The minimum Gasteiger partial charge on any atom is -0.378 e. The number of nitriles is 1. The van der Waals surface area contributed by atoms with Crippen molar-refractivity contribution in [2.45, 2.75) is 6.42 Å². The molecule has 0 N–H and O–H groups in total. The number of likely N-dealkylation sites (N-methyl/N-ethyl adjacent to an activating group) is 1. The van der Waals surface area contributed by atoms with Gasteiger partial charge < -0.3 is 4.90 Å². The van der Waals surface area contributed by atoms with Gasteiger partial charge in [0.2, 0.25) is 0 Å². The fourth-order valence-corrected chi connectivity index (χ4v) is 1.93. The van der Waals surface area contributed by atoms with Gasteiger partial charge in [0.25, 0.3) is 0 Å². The molecule has 2 heteroatoms. The molecule has 0 spiro atoms. The molecular formula is C18H18N2. The van der Waals surface area contributed by atoms with Crippen molar-refractivity contribution in [2.75, 3.05) is 14.1 Å². The summed E-state index contributed by atoms with van der Waals surface area (Å²) in [5.74, 6) is 0. The summed E-state index contributed by atoms with van der Waals surface area (Å²) < 4.78 is 0. The standard InChI is InChI=1S/C18H18N2/c1-20(2)18-12-11-16(13-18)9-7-15-5-3-4-6-17(14-19)10-8-15/h3-4,6-13H,5H2,1-2H3/b4-3-,10-8-,15-7-,16-9-,17-6+. The topological polar surface area (TPSA) is 27.0 Å². The van der Waals surface area contributed by atoms with Crippen molar-refractivity contribution in [2.24, 2.45) is 0 Å². The molecule has 0 atom stereocenters. The highest BCUT2D eigenvalue weighted by molar-refractivity contribution is 5.48. The van der Waals surface area contributed by atoms with E-state index in [4.69, 9.17) is 5.26 Å². The molecule has 2 rings (SSSR count). The summed E-state index contributed by atoms with van der Waals surface area (Å²) in [6.07, 6.45) is 21.2. The lowest BCUT2D eigenvalue weighted by atomic mass is 10.1. The van der Waals surface area contributed by atoms with E-state index in [1.165, 1.54) is 16.8 Å². The molecule has 0 aromatic heterocycles. The zero-order valence-corrected chi connectivity index (χ0v) is 11.9. The minimum absolute atomic E-state index is 0.676. The van der Waals surface area contributed by atoms with Crippen LogP contribution in [0.1, 0.15) is 6.42 Å². The van der Waals surface area contributed by atoms with Gasteiger partial charge in [-0.3, -0.25) is 0 Å². The Balaban J connectivity index is 2.15. The third kappa shape index (κ3) is 3.73. The van der Waals surface area contributed by atoms with Gasteiger partial charge in [0, 0.05) is 19.8 Å². The van der Waals surface area contributed by atoms with Crippen LogP contribution in [0.4, 0.5) is 0 Å². The number of rotatable bonds is 2. The van der Waals surface area contributed by atoms with Crippen LogP contribution in [-0.2, 0) is 0 Å². The molecule has 0 saturated heterocycles. The monoisotopic (exact) mass is 262 g/mol. The molecule has 0 unspecified atom stereocenters. The number of hydrogen-bond donors (Lipinski definition) is 0. The summed E-state index contributed by atoms with van der Waals surface area (Å²) in [6.45, 7) is 0. The van der Waals surface area contributed by atoms with Gasteiger partial charge in [0.05, 0.1) is 11.6 Å². The molecule has 2 nitrogen and oxygen atoms in total. The average molecular weight is 262 g/mol. The van der Waals surface area contributed by atoms with E-state index in [2.05, 4.69) is 47.4 Å². The Morgan fingerprint density at radius 3 is 2.70 bits per heavy atom. The van der Waals surface area contributed by atoms with Crippen LogP contribution in [0.25, 0.3) is 0 Å². The minimum atomic E-state index is 0.676. The molecule has 0 fully saturated rings. The maximum Gasteiger partial charge on any atom is 0.0991 e. The van der Waals surface area contributed by atoms with Crippen molar-refractivity contribution in [1.82, 2.24) is 4.90 Å². The second-order valence-electron chi connectivity index (χ2n) is 4.90. The number of allylic oxidation sites excluding steroid dienone is 13. The first kappa shape index (κ1) is 13.9. The summed E-state index contributed by atoms with van der Waals surface area (Å²) in [6, 6.07) is 2.16. The molecule has 0 heterocycles. The quantitative estimate of drug-likeness (QED) is 0.756. The highest BCUT2D eigenvalue weighted by Gasteiger charge is 2.02. The van der Waals surface area contributed by atoms with Crippen molar-refractivity contribution < 1.29 is 0 Å². The maximum atomic E-state index is 8.92. The van der Waals surface area contributed by atoms with E-state index in [1.807, 2.05) is 38.4 Å². The van der Waals surface area contributed by atoms with E-state index in [9.17, 15) is 0 Å². The predicted octanol–water partition coefficient (Wildman–Crippen LogP) is 3.82. The Morgan fingerprint density at radius 2 is 2.00 bits per heavy atom. The molecule has 0 radical (unpaired) electrons. The van der Waals surface area contributed by atoms with E-state index in [-0.39, 0.29) is 0 Å². The van der Waals surface area contributed by atoms with Crippen LogP contribution < -0.4 is 0 Å². The van der Waals surface area contributed by atoms with E-state index in [1.54, 1.807) is 0 Å². The van der Waals surface area contributed by atoms with Gasteiger partial charge in [0.15, 0.2) is 0 Å². The zero-order valence-electron chi connectivity index (χ0n) is 11.9. The van der Waals surface area contributed by atoms with Crippen LogP contribution in [0.3, 0.4) is 0 Å². The second kappa shape index (κ2) is 6.58. The number of hydrogen-bond acceptors (Lipinski definition) is 2. The highest BCUT2D eigenvalue weighted by atomic mass is 15.1. The lowest BCUT2D eigenvalue weighted by molar-refractivity contribution is 0.531. The van der Waals surface area contributed by atoms with Gasteiger partial charge >= 0.3 is 0 Å². The summed E-state index contributed by atoms with van der Waals surface area (Å²) in [5, 5.41) is 8.92. The fourth-order valence-electron chi connectivity index (χ4n) is 1.93. The third-order valence-electron chi connectivity index (χ3n) is 3.14. The molecule has 0 aliphatic heterocycles. The van der Waals surface area contributed by atoms with Gasteiger partial charge in [-0.25, -0.2) is 0 Å². The van der Waals surface area contributed by atoms with Crippen molar-refractivity contribution in [3.63, 3.8) is 0 Å². The third-order valence-corrected chi connectivity index (χ3v) is 3.14. The molecule has 0 aromatic carbocycles. The lowest BCUT2D eigenvalue weighted by Gasteiger charge is -2.10. The van der Waals surface area contributed by atoms with Crippen LogP contribution in [0.15, 0.2) is 83.2 Å². The molecular weight excluding hydrogens is 244 g/mol. The summed E-state index contributed by atoms with van der Waals surface area (Å²) >= 11 is 0. The van der Waals surface area contributed by atoms with E-state index in [0.29, 0.717) is 5.57 Å².